The summed E-state index contributed by atoms with van der Waals surface area (Å²) in [5.41, 5.74) is 3.51. The molecule has 120 valence electrons. The van der Waals surface area contributed by atoms with E-state index in [-0.39, 0.29) is 17.0 Å². The number of hydrogen-bond acceptors (Lipinski definition) is 7. The van der Waals surface area contributed by atoms with Crippen LogP contribution in [0.3, 0.4) is 0 Å². The molecule has 4 atom stereocenters. The van der Waals surface area contributed by atoms with E-state index >= 15 is 0 Å². The highest BCUT2D eigenvalue weighted by atomic mass is 19.1. The van der Waals surface area contributed by atoms with Crippen LogP contribution in [0.15, 0.2) is 12.4 Å². The van der Waals surface area contributed by atoms with Gasteiger partial charge in [-0.3, -0.25) is 0 Å². The largest absolute Gasteiger partial charge is 0.393 e. The molecule has 0 amide bonds. The van der Waals surface area contributed by atoms with Crippen LogP contribution in [0.1, 0.15) is 11.8 Å². The first-order valence-electron chi connectivity index (χ1n) is 6.43. The highest BCUT2D eigenvalue weighted by Crippen LogP contribution is 2.41. The van der Waals surface area contributed by atoms with Gasteiger partial charge in [0.25, 0.3) is 0 Å². The summed E-state index contributed by atoms with van der Waals surface area (Å²) in [6.45, 7) is -2.07. The van der Waals surface area contributed by atoms with Gasteiger partial charge in [-0.1, -0.05) is 0 Å². The number of aliphatic hydroxyl groups excluding tert-OH is 3. The summed E-state index contributed by atoms with van der Waals surface area (Å²) in [4.78, 5) is 3.66. The fraction of sp³-hybridized carbons (Fsp3) is 0.500. The standard InChI is InChI=1S/C12H14F2N4O4/c13-2-12(3-19)10(21)8(20)9(22-12)6-1-5(14)7-11(15)16-4-17-18(6)7/h1,4,8-10,19-21H,2-3H2,(H2,15,16,17)/t8-,9-,10-,12+/m0/s1. The SMILES string of the molecule is Nc1ncnn2c([C@@H]3O[C@@](CO)(CF)[C@@H](O)[C@H]3O)cc(F)c12. The normalized spacial score (nSPS) is 32.0. The summed E-state index contributed by atoms with van der Waals surface area (Å²) in [6.07, 6.45) is -3.46. The van der Waals surface area contributed by atoms with Crippen molar-refractivity contribution in [3.63, 3.8) is 0 Å². The monoisotopic (exact) mass is 316 g/mol. The fourth-order valence-electron chi connectivity index (χ4n) is 2.64. The van der Waals surface area contributed by atoms with Crippen LogP contribution in [-0.2, 0) is 4.74 Å². The summed E-state index contributed by atoms with van der Waals surface area (Å²) < 4.78 is 33.5. The zero-order valence-corrected chi connectivity index (χ0v) is 11.2. The van der Waals surface area contributed by atoms with Crippen LogP contribution in [0.4, 0.5) is 14.6 Å². The molecule has 1 aliphatic rings. The van der Waals surface area contributed by atoms with E-state index < -0.39 is 43.0 Å². The quantitative estimate of drug-likeness (QED) is 0.569. The average molecular weight is 316 g/mol. The summed E-state index contributed by atoms with van der Waals surface area (Å²) in [5.74, 6) is -0.870. The summed E-state index contributed by atoms with van der Waals surface area (Å²) in [5, 5.41) is 33.1. The van der Waals surface area contributed by atoms with Crippen molar-refractivity contribution in [3.8, 4) is 0 Å². The molecule has 5 N–H and O–H groups in total. The van der Waals surface area contributed by atoms with Gasteiger partial charge in [0.05, 0.1) is 12.3 Å². The van der Waals surface area contributed by atoms with Crippen LogP contribution >= 0.6 is 0 Å². The first kappa shape index (κ1) is 15.0. The molecule has 0 radical (unpaired) electrons. The van der Waals surface area contributed by atoms with Crippen LogP contribution in [0.25, 0.3) is 5.52 Å². The average Bonchev–Trinajstić information content (AvgIpc) is 2.98. The van der Waals surface area contributed by atoms with Gasteiger partial charge < -0.3 is 25.8 Å². The number of ether oxygens (including phenoxy) is 1. The molecule has 3 rings (SSSR count). The van der Waals surface area contributed by atoms with Crippen molar-refractivity contribution in [3.05, 3.63) is 23.9 Å². The van der Waals surface area contributed by atoms with Crippen LogP contribution < -0.4 is 5.73 Å². The molecule has 22 heavy (non-hydrogen) atoms. The topological polar surface area (TPSA) is 126 Å². The van der Waals surface area contributed by atoms with Gasteiger partial charge in [-0.05, 0) is 0 Å². The van der Waals surface area contributed by atoms with Crippen molar-refractivity contribution >= 4 is 11.3 Å². The third-order valence-electron chi connectivity index (χ3n) is 3.88. The molecular weight excluding hydrogens is 302 g/mol. The first-order chi connectivity index (χ1) is 10.4. The molecule has 2 aromatic rings. The van der Waals surface area contributed by atoms with E-state index in [4.69, 9.17) is 10.5 Å². The molecule has 8 nitrogen and oxygen atoms in total. The zero-order valence-electron chi connectivity index (χ0n) is 11.2. The van der Waals surface area contributed by atoms with Crippen molar-refractivity contribution in [2.75, 3.05) is 19.0 Å². The van der Waals surface area contributed by atoms with E-state index in [0.717, 1.165) is 16.9 Å². The predicted molar refractivity (Wildman–Crippen MR) is 69.0 cm³/mol. The number of fused-ring (bicyclic) bond motifs is 1. The Morgan fingerprint density at radius 3 is 2.77 bits per heavy atom. The third kappa shape index (κ3) is 1.88. The minimum Gasteiger partial charge on any atom is -0.393 e. The Balaban J connectivity index is 2.11. The molecule has 0 spiro atoms. The zero-order chi connectivity index (χ0) is 16.1. The van der Waals surface area contributed by atoms with Crippen LogP contribution in [0.5, 0.6) is 0 Å². The van der Waals surface area contributed by atoms with E-state index in [2.05, 4.69) is 10.1 Å². The second kappa shape index (κ2) is 5.09. The number of nitrogen functional groups attached to an aromatic ring is 1. The third-order valence-corrected chi connectivity index (χ3v) is 3.88. The predicted octanol–water partition coefficient (Wildman–Crippen LogP) is -1.06. The van der Waals surface area contributed by atoms with Gasteiger partial charge >= 0.3 is 0 Å². The van der Waals surface area contributed by atoms with Crippen LogP contribution in [-0.4, -0.2) is 61.0 Å². The number of rotatable bonds is 3. The van der Waals surface area contributed by atoms with E-state index in [1.54, 1.807) is 0 Å². The molecular formula is C12H14F2N4O4. The summed E-state index contributed by atoms with van der Waals surface area (Å²) in [7, 11) is 0. The Kier molecular flexibility index (Phi) is 3.48. The van der Waals surface area contributed by atoms with Gasteiger partial charge in [0.2, 0.25) is 0 Å². The molecule has 1 saturated heterocycles. The Hall–Kier alpha value is -1.88. The maximum absolute atomic E-state index is 14.0. The Labute approximate surface area is 122 Å². The fourth-order valence-corrected chi connectivity index (χ4v) is 2.64. The van der Waals surface area contributed by atoms with Gasteiger partial charge in [0, 0.05) is 6.07 Å². The molecule has 1 aliphatic heterocycles. The number of hydrogen-bond donors (Lipinski definition) is 4. The van der Waals surface area contributed by atoms with Gasteiger partial charge in [-0.25, -0.2) is 18.3 Å². The molecule has 0 aromatic carbocycles. The number of aromatic nitrogens is 3. The minimum atomic E-state index is -1.97. The Morgan fingerprint density at radius 1 is 1.45 bits per heavy atom. The molecule has 0 bridgehead atoms. The number of nitrogens with zero attached hydrogens (tertiary/aromatic N) is 3. The molecule has 10 heteroatoms. The molecule has 0 aliphatic carbocycles. The van der Waals surface area contributed by atoms with Crippen molar-refractivity contribution in [1.29, 1.82) is 0 Å². The Morgan fingerprint density at radius 2 is 2.18 bits per heavy atom. The first-order valence-corrected chi connectivity index (χ1v) is 6.43. The van der Waals surface area contributed by atoms with Crippen molar-refractivity contribution < 1.29 is 28.8 Å². The van der Waals surface area contributed by atoms with Gasteiger partial charge in [-0.2, -0.15) is 5.10 Å². The minimum absolute atomic E-state index is 0.0249. The van der Waals surface area contributed by atoms with Gasteiger partial charge in [0.15, 0.2) is 11.6 Å². The van der Waals surface area contributed by atoms with Crippen molar-refractivity contribution in [2.45, 2.75) is 23.9 Å². The van der Waals surface area contributed by atoms with Gasteiger partial charge in [0.1, 0.15) is 42.4 Å². The molecule has 1 fully saturated rings. The number of alkyl halides is 1. The Bertz CT molecular complexity index is 706. The lowest BCUT2D eigenvalue weighted by Gasteiger charge is -2.26. The number of anilines is 1. The number of aliphatic hydroxyl groups is 3. The van der Waals surface area contributed by atoms with Crippen LogP contribution in [0.2, 0.25) is 0 Å². The summed E-state index contributed by atoms with van der Waals surface area (Å²) >= 11 is 0. The molecule has 0 saturated carbocycles. The lowest BCUT2D eigenvalue weighted by atomic mass is 9.96. The smallest absolute Gasteiger partial charge is 0.154 e. The summed E-state index contributed by atoms with van der Waals surface area (Å²) in [6, 6.07) is 1.01. The highest BCUT2D eigenvalue weighted by Gasteiger charge is 2.55. The van der Waals surface area contributed by atoms with E-state index in [1.807, 2.05) is 0 Å². The van der Waals surface area contributed by atoms with E-state index in [1.165, 1.54) is 0 Å². The van der Waals surface area contributed by atoms with Crippen LogP contribution in [0, 0.1) is 5.82 Å². The number of halogens is 2. The second-order valence-electron chi connectivity index (χ2n) is 5.15. The lowest BCUT2D eigenvalue weighted by molar-refractivity contribution is -0.123. The van der Waals surface area contributed by atoms with Crippen molar-refractivity contribution in [1.82, 2.24) is 14.6 Å². The van der Waals surface area contributed by atoms with Gasteiger partial charge in [-0.15, -0.1) is 0 Å². The molecule has 2 aromatic heterocycles. The van der Waals surface area contributed by atoms with E-state index in [9.17, 15) is 24.1 Å². The van der Waals surface area contributed by atoms with E-state index in [0.29, 0.717) is 0 Å². The number of nitrogens with two attached hydrogens (primary N) is 1. The second-order valence-corrected chi connectivity index (χ2v) is 5.15. The molecule has 0 unspecified atom stereocenters. The highest BCUT2D eigenvalue weighted by molar-refractivity contribution is 5.66. The molecule has 3 heterocycles. The maximum atomic E-state index is 14.0. The lowest BCUT2D eigenvalue weighted by Crippen LogP contribution is -2.48. The maximum Gasteiger partial charge on any atom is 0.154 e. The van der Waals surface area contributed by atoms with Crippen molar-refractivity contribution in [2.24, 2.45) is 0 Å².